The van der Waals surface area contributed by atoms with Crippen LogP contribution in [-0.4, -0.2) is 22.5 Å². The second-order valence-electron chi connectivity index (χ2n) is 4.43. The van der Waals surface area contributed by atoms with Gasteiger partial charge in [0.05, 0.1) is 0 Å². The fourth-order valence-corrected chi connectivity index (χ4v) is 2.43. The van der Waals surface area contributed by atoms with E-state index in [2.05, 4.69) is 0 Å². The first-order chi connectivity index (χ1) is 5.06. The Labute approximate surface area is 76.0 Å². The first-order valence-corrected chi connectivity index (χ1v) is 6.61. The molecule has 0 amide bonds. The van der Waals surface area contributed by atoms with Gasteiger partial charge in [0.15, 0.2) is 0 Å². The molecule has 0 radical (unpaired) electrons. The third-order valence-corrected chi connectivity index (χ3v) is 7.53. The van der Waals surface area contributed by atoms with Crippen LogP contribution in [0, 0.1) is 0 Å². The SMILES string of the molecule is CCC(F)(F)S(C)(C)C(C)(C)C. The number of hydrogen-bond donors (Lipinski definition) is 0. The molecule has 0 aliphatic carbocycles. The van der Waals surface area contributed by atoms with Crippen molar-refractivity contribution in [3.63, 3.8) is 0 Å². The Kier molecular flexibility index (Phi) is 3.22. The van der Waals surface area contributed by atoms with Gasteiger partial charge in [0.1, 0.15) is 0 Å². The summed E-state index contributed by atoms with van der Waals surface area (Å²) in [6.45, 7) is 7.24. The summed E-state index contributed by atoms with van der Waals surface area (Å²) in [6.07, 6.45) is 3.39. The van der Waals surface area contributed by atoms with Crippen molar-refractivity contribution in [1.82, 2.24) is 0 Å². The largest absolute Gasteiger partial charge is 0.278 e. The third kappa shape index (κ3) is 1.93. The number of rotatable bonds is 2. The van der Waals surface area contributed by atoms with Crippen LogP contribution in [0.25, 0.3) is 0 Å². The first-order valence-electron chi connectivity index (χ1n) is 4.16. The van der Waals surface area contributed by atoms with Crippen LogP contribution < -0.4 is 0 Å². The van der Waals surface area contributed by atoms with E-state index in [4.69, 9.17) is 0 Å². The van der Waals surface area contributed by atoms with Gasteiger partial charge in [0.25, 0.3) is 5.25 Å². The molecule has 0 unspecified atom stereocenters. The van der Waals surface area contributed by atoms with E-state index in [9.17, 15) is 8.78 Å². The topological polar surface area (TPSA) is 0 Å². The molecule has 0 aliphatic rings. The van der Waals surface area contributed by atoms with E-state index in [0.29, 0.717) is 0 Å². The molecule has 0 N–H and O–H groups in total. The van der Waals surface area contributed by atoms with E-state index >= 15 is 0 Å². The molecular weight excluding hydrogens is 178 g/mol. The number of hydrogen-bond acceptors (Lipinski definition) is 0. The predicted molar refractivity (Wildman–Crippen MR) is 54.4 cm³/mol. The summed E-state index contributed by atoms with van der Waals surface area (Å²) in [4.78, 5) is 0. The van der Waals surface area contributed by atoms with Gasteiger partial charge < -0.3 is 0 Å². The Hall–Kier alpha value is 0.210. The van der Waals surface area contributed by atoms with E-state index in [1.54, 1.807) is 19.4 Å². The molecule has 0 aromatic heterocycles. The zero-order valence-electron chi connectivity index (χ0n) is 8.87. The van der Waals surface area contributed by atoms with E-state index in [-0.39, 0.29) is 11.2 Å². The Morgan fingerprint density at radius 2 is 1.42 bits per heavy atom. The first kappa shape index (κ1) is 12.2. The predicted octanol–water partition coefficient (Wildman–Crippen LogP) is 3.85. The van der Waals surface area contributed by atoms with Gasteiger partial charge in [-0.2, -0.15) is 18.8 Å². The third-order valence-electron chi connectivity index (χ3n) is 2.69. The summed E-state index contributed by atoms with van der Waals surface area (Å²) < 4.78 is 26.6. The molecule has 0 aromatic rings. The molecule has 3 heteroatoms. The highest BCUT2D eigenvalue weighted by molar-refractivity contribution is 8.34. The fraction of sp³-hybridized carbons (Fsp3) is 1.00. The quantitative estimate of drug-likeness (QED) is 0.632. The Morgan fingerprint density at radius 1 is 1.08 bits per heavy atom. The van der Waals surface area contributed by atoms with Crippen LogP contribution in [0.4, 0.5) is 8.78 Å². The molecule has 0 aliphatic heterocycles. The maximum atomic E-state index is 13.5. The highest BCUT2D eigenvalue weighted by atomic mass is 32.3. The lowest BCUT2D eigenvalue weighted by Crippen LogP contribution is -2.36. The maximum absolute atomic E-state index is 13.5. The minimum Gasteiger partial charge on any atom is -0.196 e. The van der Waals surface area contributed by atoms with Gasteiger partial charge in [-0.15, -0.1) is 0 Å². The maximum Gasteiger partial charge on any atom is 0.278 e. The lowest BCUT2D eigenvalue weighted by Gasteiger charge is -2.49. The summed E-state index contributed by atoms with van der Waals surface area (Å²) in [6, 6.07) is 0. The average molecular weight is 198 g/mol. The summed E-state index contributed by atoms with van der Waals surface area (Å²) in [5.41, 5.74) is 0. The van der Waals surface area contributed by atoms with Gasteiger partial charge in [0.2, 0.25) is 0 Å². The Balaban J connectivity index is 4.85. The molecule has 0 rings (SSSR count). The lowest BCUT2D eigenvalue weighted by atomic mass is 10.3. The van der Waals surface area contributed by atoms with Crippen molar-refractivity contribution in [1.29, 1.82) is 0 Å². The molecule has 0 saturated heterocycles. The van der Waals surface area contributed by atoms with Crippen LogP contribution in [0.3, 0.4) is 0 Å². The molecule has 0 aromatic carbocycles. The monoisotopic (exact) mass is 198 g/mol. The van der Waals surface area contributed by atoms with E-state index < -0.39 is 15.3 Å². The summed E-state index contributed by atoms with van der Waals surface area (Å²) in [5, 5.41) is -2.49. The smallest absolute Gasteiger partial charge is 0.196 e. The number of halogens is 2. The van der Waals surface area contributed by atoms with Crippen LogP contribution in [-0.2, 0) is 0 Å². The molecule has 0 nitrogen and oxygen atoms in total. The van der Waals surface area contributed by atoms with E-state index in [1.807, 2.05) is 20.8 Å². The lowest BCUT2D eigenvalue weighted by molar-refractivity contribution is 0.0944. The Bertz CT molecular complexity index is 156. The van der Waals surface area contributed by atoms with E-state index in [0.717, 1.165) is 0 Å². The van der Waals surface area contributed by atoms with Crippen LogP contribution in [0.1, 0.15) is 34.1 Å². The highest BCUT2D eigenvalue weighted by Crippen LogP contribution is 2.65. The van der Waals surface area contributed by atoms with Crippen LogP contribution >= 0.6 is 10.0 Å². The molecule has 0 bridgehead atoms. The van der Waals surface area contributed by atoms with Gasteiger partial charge in [-0.1, -0.05) is 27.7 Å². The average Bonchev–Trinajstić information content (AvgIpc) is 1.85. The van der Waals surface area contributed by atoms with Crippen molar-refractivity contribution in [2.24, 2.45) is 0 Å². The standard InChI is InChI=1S/C9H20F2S/c1-7-9(10,11)12(5,6)8(2,3)4/h7H2,1-6H3. The van der Waals surface area contributed by atoms with Crippen LogP contribution in [0.5, 0.6) is 0 Å². The zero-order valence-corrected chi connectivity index (χ0v) is 9.69. The minimum atomic E-state index is -2.49. The molecular formula is C9H20F2S. The normalized spacial score (nSPS) is 16.3. The van der Waals surface area contributed by atoms with Gasteiger partial charge in [-0.25, -0.2) is 0 Å². The van der Waals surface area contributed by atoms with Crippen molar-refractivity contribution in [2.45, 2.75) is 44.1 Å². The van der Waals surface area contributed by atoms with Gasteiger partial charge >= 0.3 is 0 Å². The summed E-state index contributed by atoms with van der Waals surface area (Å²) >= 11 is 0. The molecule has 0 spiro atoms. The van der Waals surface area contributed by atoms with Crippen molar-refractivity contribution >= 4 is 10.0 Å². The molecule has 0 fully saturated rings. The van der Waals surface area contributed by atoms with Crippen LogP contribution in [0.2, 0.25) is 0 Å². The van der Waals surface area contributed by atoms with Crippen LogP contribution in [0.15, 0.2) is 0 Å². The van der Waals surface area contributed by atoms with Crippen molar-refractivity contribution in [3.05, 3.63) is 0 Å². The van der Waals surface area contributed by atoms with Gasteiger partial charge in [-0.3, -0.25) is 0 Å². The second-order valence-corrected chi connectivity index (χ2v) is 8.91. The molecule has 12 heavy (non-hydrogen) atoms. The summed E-state index contributed by atoms with van der Waals surface area (Å²) in [5.74, 6) is 0. The fourth-order valence-electron chi connectivity index (χ4n) is 0.809. The zero-order chi connectivity index (χ0) is 10.2. The van der Waals surface area contributed by atoms with Gasteiger partial charge in [0, 0.05) is 6.42 Å². The van der Waals surface area contributed by atoms with Crippen molar-refractivity contribution < 1.29 is 8.78 Å². The molecule has 0 heterocycles. The molecule has 0 atom stereocenters. The summed E-state index contributed by atoms with van der Waals surface area (Å²) in [7, 11) is -1.86. The Morgan fingerprint density at radius 3 is 1.50 bits per heavy atom. The van der Waals surface area contributed by atoms with E-state index in [1.165, 1.54) is 0 Å². The van der Waals surface area contributed by atoms with Gasteiger partial charge in [-0.05, 0) is 17.3 Å². The minimum absolute atomic E-state index is 0.0490. The van der Waals surface area contributed by atoms with Crippen molar-refractivity contribution in [3.8, 4) is 0 Å². The van der Waals surface area contributed by atoms with Crippen molar-refractivity contribution in [2.75, 3.05) is 12.5 Å². The highest BCUT2D eigenvalue weighted by Gasteiger charge is 2.47. The molecule has 0 saturated carbocycles. The second kappa shape index (κ2) is 3.17. The number of alkyl halides is 2. The molecule has 76 valence electrons.